The number of benzene rings is 2. The number of nitrogens with zero attached hydrogens (tertiary/aromatic N) is 1. The molecule has 1 N–H and O–H groups in total. The Morgan fingerprint density at radius 3 is 2.21 bits per heavy atom. The van der Waals surface area contributed by atoms with E-state index in [9.17, 15) is 18.4 Å². The predicted octanol–water partition coefficient (Wildman–Crippen LogP) is 4.12. The van der Waals surface area contributed by atoms with Gasteiger partial charge in [-0.15, -0.1) is 0 Å². The van der Waals surface area contributed by atoms with E-state index in [2.05, 4.69) is 5.43 Å². The number of nitrogens with one attached hydrogen (secondary N) is 1. The molecule has 150 valence electrons. The van der Waals surface area contributed by atoms with Gasteiger partial charge in [0.2, 0.25) is 0 Å². The van der Waals surface area contributed by atoms with Crippen LogP contribution in [-0.2, 0) is 6.42 Å². The molecular formula is C21H24F2N2O3. The Hall–Kier alpha value is -2.96. The van der Waals surface area contributed by atoms with Crippen molar-refractivity contribution in [3.8, 4) is 5.75 Å². The molecule has 0 saturated heterocycles. The molecule has 7 heteroatoms. The van der Waals surface area contributed by atoms with Gasteiger partial charge in [0.05, 0.1) is 12.6 Å². The summed E-state index contributed by atoms with van der Waals surface area (Å²) in [4.78, 5) is 25.8. The van der Waals surface area contributed by atoms with E-state index >= 15 is 0 Å². The summed E-state index contributed by atoms with van der Waals surface area (Å²) in [6.45, 7) is 6.99. The molecule has 0 aliphatic heterocycles. The summed E-state index contributed by atoms with van der Waals surface area (Å²) in [5.41, 5.74) is 2.59. The van der Waals surface area contributed by atoms with Gasteiger partial charge in [0, 0.05) is 22.8 Å². The zero-order valence-corrected chi connectivity index (χ0v) is 16.6. The monoisotopic (exact) mass is 390 g/mol. The molecule has 0 bridgehead atoms. The van der Waals surface area contributed by atoms with Crippen LogP contribution < -0.4 is 10.2 Å². The number of hydrogen-bond donors (Lipinski definition) is 1. The van der Waals surface area contributed by atoms with Crippen molar-refractivity contribution in [2.24, 2.45) is 0 Å². The lowest BCUT2D eigenvalue weighted by atomic mass is 10.0. The van der Waals surface area contributed by atoms with E-state index in [1.165, 1.54) is 7.11 Å². The second-order valence-electron chi connectivity index (χ2n) is 7.25. The summed E-state index contributed by atoms with van der Waals surface area (Å²) in [5, 5.41) is 1.07. The van der Waals surface area contributed by atoms with Crippen LogP contribution in [0.4, 0.5) is 8.78 Å². The zero-order valence-electron chi connectivity index (χ0n) is 16.6. The number of hydrogen-bond acceptors (Lipinski definition) is 3. The van der Waals surface area contributed by atoms with Crippen LogP contribution in [0.1, 0.15) is 54.0 Å². The van der Waals surface area contributed by atoms with Gasteiger partial charge in [-0.25, -0.2) is 13.8 Å². The van der Waals surface area contributed by atoms with Crippen molar-refractivity contribution in [3.05, 3.63) is 64.7 Å². The molecule has 0 radical (unpaired) electrons. The second-order valence-corrected chi connectivity index (χ2v) is 7.25. The molecule has 0 aliphatic rings. The van der Waals surface area contributed by atoms with E-state index in [1.807, 2.05) is 6.92 Å². The molecule has 2 amide bonds. The molecule has 0 atom stereocenters. The number of rotatable bonds is 4. The highest BCUT2D eigenvalue weighted by molar-refractivity contribution is 6.00. The first-order valence-corrected chi connectivity index (χ1v) is 8.86. The molecule has 2 aromatic rings. The number of hydrazine groups is 1. The maximum atomic E-state index is 13.5. The SMILES string of the molecule is CCc1c(OC)cccc1C(=O)NN(C(=O)c1cc(F)cc(F)c1)C(C)(C)C. The lowest BCUT2D eigenvalue weighted by molar-refractivity contribution is 0.0357. The molecule has 2 rings (SSSR count). The summed E-state index contributed by atoms with van der Waals surface area (Å²) in [7, 11) is 1.51. The van der Waals surface area contributed by atoms with Gasteiger partial charge in [-0.1, -0.05) is 13.0 Å². The first-order valence-electron chi connectivity index (χ1n) is 8.86. The largest absolute Gasteiger partial charge is 0.496 e. The Morgan fingerprint density at radius 1 is 1.11 bits per heavy atom. The van der Waals surface area contributed by atoms with Crippen LogP contribution in [-0.4, -0.2) is 29.5 Å². The molecule has 0 spiro atoms. The number of carbonyl (C=O) groups is 2. The summed E-state index contributed by atoms with van der Waals surface area (Å²) in [6.07, 6.45) is 0.547. The molecule has 5 nitrogen and oxygen atoms in total. The van der Waals surface area contributed by atoms with Gasteiger partial charge in [0.1, 0.15) is 17.4 Å². The van der Waals surface area contributed by atoms with Gasteiger partial charge >= 0.3 is 0 Å². The molecule has 0 aliphatic carbocycles. The third-order valence-corrected chi connectivity index (χ3v) is 4.15. The van der Waals surface area contributed by atoms with Crippen LogP contribution >= 0.6 is 0 Å². The number of carbonyl (C=O) groups excluding carboxylic acids is 2. The van der Waals surface area contributed by atoms with E-state index in [4.69, 9.17) is 4.74 Å². The maximum Gasteiger partial charge on any atom is 0.272 e. The first kappa shape index (κ1) is 21.3. The highest BCUT2D eigenvalue weighted by atomic mass is 19.1. The average Bonchev–Trinajstić information content (AvgIpc) is 2.62. The minimum Gasteiger partial charge on any atom is -0.496 e. The topological polar surface area (TPSA) is 58.6 Å². The Bertz CT molecular complexity index is 871. The van der Waals surface area contributed by atoms with Crippen molar-refractivity contribution < 1.29 is 23.1 Å². The van der Waals surface area contributed by atoms with Crippen LogP contribution in [0.25, 0.3) is 0 Å². The van der Waals surface area contributed by atoms with Gasteiger partial charge in [0.25, 0.3) is 11.8 Å². The smallest absolute Gasteiger partial charge is 0.272 e. The minimum absolute atomic E-state index is 0.200. The number of halogens is 2. The van der Waals surface area contributed by atoms with Gasteiger partial charge in [-0.05, 0) is 51.5 Å². The third kappa shape index (κ3) is 4.65. The van der Waals surface area contributed by atoms with Crippen molar-refractivity contribution in [1.82, 2.24) is 10.4 Å². The second kappa shape index (κ2) is 8.37. The third-order valence-electron chi connectivity index (χ3n) is 4.15. The predicted molar refractivity (Wildman–Crippen MR) is 102 cm³/mol. The standard InChI is InChI=1S/C21H24F2N2O3/c1-6-16-17(8-7-9-18(16)28-5)19(26)24-25(21(2,3)4)20(27)13-10-14(22)12-15(23)11-13/h7-12H,6H2,1-5H3,(H,24,26). The fraction of sp³-hybridized carbons (Fsp3) is 0.333. The van der Waals surface area contributed by atoms with E-state index in [0.29, 0.717) is 29.4 Å². The van der Waals surface area contributed by atoms with Crippen LogP contribution in [0.5, 0.6) is 5.75 Å². The Kier molecular flexibility index (Phi) is 6.38. The summed E-state index contributed by atoms with van der Waals surface area (Å²) < 4.78 is 32.4. The average molecular weight is 390 g/mol. The fourth-order valence-electron chi connectivity index (χ4n) is 2.83. The summed E-state index contributed by atoms with van der Waals surface area (Å²) in [6, 6.07) is 7.60. The molecule has 0 heterocycles. The van der Waals surface area contributed by atoms with Crippen molar-refractivity contribution >= 4 is 11.8 Å². The minimum atomic E-state index is -0.871. The molecule has 0 fully saturated rings. The van der Waals surface area contributed by atoms with Gasteiger partial charge < -0.3 is 4.74 Å². The highest BCUT2D eigenvalue weighted by Crippen LogP contribution is 2.24. The van der Waals surface area contributed by atoms with Crippen LogP contribution in [0.15, 0.2) is 36.4 Å². The van der Waals surface area contributed by atoms with Crippen molar-refractivity contribution in [2.45, 2.75) is 39.7 Å². The molecular weight excluding hydrogens is 366 g/mol. The van der Waals surface area contributed by atoms with Crippen molar-refractivity contribution in [2.75, 3.05) is 7.11 Å². The van der Waals surface area contributed by atoms with Crippen LogP contribution in [0.2, 0.25) is 0 Å². The van der Waals surface area contributed by atoms with E-state index < -0.39 is 29.0 Å². The zero-order chi connectivity index (χ0) is 21.1. The normalized spacial score (nSPS) is 11.1. The fourth-order valence-corrected chi connectivity index (χ4v) is 2.83. The quantitative estimate of drug-likeness (QED) is 0.799. The molecule has 28 heavy (non-hydrogen) atoms. The molecule has 0 aromatic heterocycles. The first-order chi connectivity index (χ1) is 13.1. The van der Waals surface area contributed by atoms with E-state index in [-0.39, 0.29) is 5.56 Å². The van der Waals surface area contributed by atoms with Gasteiger partial charge in [-0.3, -0.25) is 15.0 Å². The highest BCUT2D eigenvalue weighted by Gasteiger charge is 2.31. The lowest BCUT2D eigenvalue weighted by Gasteiger charge is -2.35. The Labute approximate surface area is 163 Å². The maximum absolute atomic E-state index is 13.5. The molecule has 0 saturated carbocycles. The number of amides is 2. The molecule has 0 unspecified atom stereocenters. The van der Waals surface area contributed by atoms with Crippen LogP contribution in [0.3, 0.4) is 0 Å². The van der Waals surface area contributed by atoms with Gasteiger partial charge in [-0.2, -0.15) is 0 Å². The van der Waals surface area contributed by atoms with Crippen LogP contribution in [0, 0.1) is 11.6 Å². The van der Waals surface area contributed by atoms with Crippen molar-refractivity contribution in [1.29, 1.82) is 0 Å². The summed E-state index contributed by atoms with van der Waals surface area (Å²) in [5.74, 6) is -2.42. The lowest BCUT2D eigenvalue weighted by Crippen LogP contribution is -2.56. The van der Waals surface area contributed by atoms with Crippen molar-refractivity contribution in [3.63, 3.8) is 0 Å². The van der Waals surface area contributed by atoms with E-state index in [0.717, 1.165) is 17.1 Å². The number of ether oxygens (including phenoxy) is 1. The summed E-state index contributed by atoms with van der Waals surface area (Å²) >= 11 is 0. The van der Waals surface area contributed by atoms with E-state index in [1.54, 1.807) is 39.0 Å². The Morgan fingerprint density at radius 2 is 1.71 bits per heavy atom. The Balaban J connectivity index is 2.41. The number of methoxy groups -OCH3 is 1. The van der Waals surface area contributed by atoms with Gasteiger partial charge in [0.15, 0.2) is 0 Å². The molecule has 2 aromatic carbocycles.